The fourth-order valence-corrected chi connectivity index (χ4v) is 3.24. The molecule has 1 unspecified atom stereocenters. The van der Waals surface area contributed by atoms with Crippen molar-refractivity contribution in [2.24, 2.45) is 11.5 Å². The molecule has 1 aromatic carbocycles. The van der Waals surface area contributed by atoms with Gasteiger partial charge in [-0.2, -0.15) is 13.2 Å². The maximum Gasteiger partial charge on any atom is 0.417 e. The van der Waals surface area contributed by atoms with Crippen molar-refractivity contribution in [2.75, 3.05) is 6.54 Å². The van der Waals surface area contributed by atoms with E-state index in [1.54, 1.807) is 6.92 Å². The van der Waals surface area contributed by atoms with Gasteiger partial charge >= 0.3 is 6.18 Å². The predicted molar refractivity (Wildman–Crippen MR) is 102 cm³/mol. The third kappa shape index (κ3) is 4.19. The van der Waals surface area contributed by atoms with Crippen molar-refractivity contribution >= 4 is 29.4 Å². The number of nitrogens with two attached hydrogens (primary N) is 2. The lowest BCUT2D eigenvalue weighted by atomic mass is 9.93. The summed E-state index contributed by atoms with van der Waals surface area (Å²) < 4.78 is 39.2. The lowest BCUT2D eigenvalue weighted by Crippen LogP contribution is -2.46. The Morgan fingerprint density at radius 3 is 2.61 bits per heavy atom. The summed E-state index contributed by atoms with van der Waals surface area (Å²) in [7, 11) is 0. The van der Waals surface area contributed by atoms with Crippen LogP contribution in [0.15, 0.2) is 41.2 Å². The van der Waals surface area contributed by atoms with Gasteiger partial charge in [0.25, 0.3) is 5.91 Å². The van der Waals surface area contributed by atoms with Gasteiger partial charge in [0.1, 0.15) is 0 Å². The summed E-state index contributed by atoms with van der Waals surface area (Å²) in [6, 6.07) is 2.72. The van der Waals surface area contributed by atoms with Gasteiger partial charge in [-0.05, 0) is 31.6 Å². The summed E-state index contributed by atoms with van der Waals surface area (Å²) in [4.78, 5) is 14.2. The molecule has 6 N–H and O–H groups in total. The van der Waals surface area contributed by atoms with Gasteiger partial charge in [-0.3, -0.25) is 10.2 Å². The van der Waals surface area contributed by atoms with E-state index >= 15 is 0 Å². The molecule has 1 atom stereocenters. The lowest BCUT2D eigenvalue weighted by Gasteiger charge is -2.35. The summed E-state index contributed by atoms with van der Waals surface area (Å²) in [5.41, 5.74) is 11.0. The molecule has 6 nitrogen and oxygen atoms in total. The molecule has 1 aliphatic rings. The van der Waals surface area contributed by atoms with E-state index in [-0.39, 0.29) is 35.6 Å². The van der Waals surface area contributed by atoms with Crippen molar-refractivity contribution in [1.29, 1.82) is 10.8 Å². The van der Waals surface area contributed by atoms with Crippen LogP contribution in [0.25, 0.3) is 0 Å². The van der Waals surface area contributed by atoms with Crippen LogP contribution in [0.4, 0.5) is 13.2 Å². The predicted octanol–water partition coefficient (Wildman–Crippen LogP) is 3.32. The van der Waals surface area contributed by atoms with E-state index < -0.39 is 28.7 Å². The smallest absolute Gasteiger partial charge is 0.400 e. The number of nitrogens with zero attached hydrogens (tertiary/aromatic N) is 1. The van der Waals surface area contributed by atoms with Crippen molar-refractivity contribution in [2.45, 2.75) is 25.6 Å². The standard InChI is InChI=1S/C18H19ClF3N5O/c1-9-7-11(16(26)13(24)5-6-23)14(25)8-27(9)17(28)10-3-2-4-12(15(10)19)18(20,21)22/h2-6,9,23,26H,7-8,24-25H2,1H3/b13-5-,23-6?,26-16?. The number of alkyl halides is 3. The van der Waals surface area contributed by atoms with Crippen LogP contribution in [0.1, 0.15) is 29.3 Å². The molecule has 150 valence electrons. The Kier molecular flexibility index (Phi) is 6.18. The fourth-order valence-electron chi connectivity index (χ4n) is 2.92. The molecular formula is C18H19ClF3N5O. The molecule has 0 saturated carbocycles. The monoisotopic (exact) mass is 413 g/mol. The first-order valence-electron chi connectivity index (χ1n) is 8.18. The van der Waals surface area contributed by atoms with Crippen LogP contribution in [0, 0.1) is 10.8 Å². The third-order valence-electron chi connectivity index (χ3n) is 4.41. The minimum absolute atomic E-state index is 0.0444. The molecule has 1 amide bonds. The Bertz CT molecular complexity index is 892. The molecule has 28 heavy (non-hydrogen) atoms. The van der Waals surface area contributed by atoms with Crippen molar-refractivity contribution in [3.8, 4) is 0 Å². The molecule has 0 aliphatic carbocycles. The summed E-state index contributed by atoms with van der Waals surface area (Å²) in [5, 5.41) is 14.5. The Morgan fingerprint density at radius 2 is 2.04 bits per heavy atom. The second-order valence-electron chi connectivity index (χ2n) is 6.32. The number of benzene rings is 1. The highest BCUT2D eigenvalue weighted by Gasteiger charge is 2.36. The Labute approximate surface area is 164 Å². The van der Waals surface area contributed by atoms with Crippen LogP contribution >= 0.6 is 11.6 Å². The topological polar surface area (TPSA) is 120 Å². The minimum atomic E-state index is -4.68. The van der Waals surface area contributed by atoms with Crippen LogP contribution in [-0.4, -0.2) is 35.3 Å². The van der Waals surface area contributed by atoms with Crippen LogP contribution in [-0.2, 0) is 6.18 Å². The van der Waals surface area contributed by atoms with Gasteiger partial charge in [0, 0.05) is 23.5 Å². The normalized spacial score (nSPS) is 18.2. The first-order valence-corrected chi connectivity index (χ1v) is 8.56. The highest BCUT2D eigenvalue weighted by molar-refractivity contribution is 6.34. The van der Waals surface area contributed by atoms with Crippen LogP contribution in [0.3, 0.4) is 0 Å². The number of rotatable bonds is 4. The second kappa shape index (κ2) is 8.05. The number of carbonyl (C=O) groups excluding carboxylic acids is 1. The van der Waals surface area contributed by atoms with Gasteiger partial charge in [0.05, 0.1) is 34.1 Å². The summed E-state index contributed by atoms with van der Waals surface area (Å²) in [6.07, 6.45) is -2.30. The van der Waals surface area contributed by atoms with Crippen molar-refractivity contribution in [3.63, 3.8) is 0 Å². The number of carbonyl (C=O) groups is 1. The molecule has 10 heteroatoms. The molecule has 0 spiro atoms. The molecule has 0 radical (unpaired) electrons. The van der Waals surface area contributed by atoms with E-state index in [9.17, 15) is 18.0 Å². The molecular weight excluding hydrogens is 395 g/mol. The zero-order valence-corrected chi connectivity index (χ0v) is 15.7. The summed E-state index contributed by atoms with van der Waals surface area (Å²) in [5.74, 6) is -0.680. The number of nitrogens with one attached hydrogen (secondary N) is 2. The Balaban J connectivity index is 2.36. The molecule has 2 rings (SSSR count). The average molecular weight is 414 g/mol. The number of amides is 1. The molecule has 1 aromatic rings. The van der Waals surface area contributed by atoms with Gasteiger partial charge in [0.2, 0.25) is 0 Å². The summed E-state index contributed by atoms with van der Waals surface area (Å²) in [6.45, 7) is 1.61. The molecule has 1 aliphatic heterocycles. The third-order valence-corrected chi connectivity index (χ3v) is 4.82. The van der Waals surface area contributed by atoms with E-state index in [1.165, 1.54) is 17.0 Å². The first-order chi connectivity index (χ1) is 13.0. The molecule has 0 aromatic heterocycles. The maximum atomic E-state index is 13.1. The largest absolute Gasteiger partial charge is 0.417 e. The highest BCUT2D eigenvalue weighted by atomic mass is 35.5. The minimum Gasteiger partial charge on any atom is -0.400 e. The van der Waals surface area contributed by atoms with Gasteiger partial charge in [0.15, 0.2) is 0 Å². The van der Waals surface area contributed by atoms with Gasteiger partial charge in [-0.15, -0.1) is 0 Å². The van der Waals surface area contributed by atoms with E-state index in [0.717, 1.165) is 18.3 Å². The van der Waals surface area contributed by atoms with E-state index in [1.807, 2.05) is 0 Å². The highest BCUT2D eigenvalue weighted by Crippen LogP contribution is 2.37. The Hall–Kier alpha value is -2.81. The van der Waals surface area contributed by atoms with Crippen LogP contribution < -0.4 is 11.5 Å². The average Bonchev–Trinajstić information content (AvgIpc) is 2.61. The van der Waals surface area contributed by atoms with Crippen molar-refractivity contribution in [3.05, 3.63) is 57.4 Å². The van der Waals surface area contributed by atoms with E-state index in [4.69, 9.17) is 33.9 Å². The first kappa shape index (κ1) is 21.5. The number of hydrogen-bond donors (Lipinski definition) is 4. The molecule has 0 fully saturated rings. The van der Waals surface area contributed by atoms with Crippen LogP contribution in [0.2, 0.25) is 5.02 Å². The second-order valence-corrected chi connectivity index (χ2v) is 6.70. The van der Waals surface area contributed by atoms with Crippen molar-refractivity contribution in [1.82, 2.24) is 4.90 Å². The van der Waals surface area contributed by atoms with Gasteiger partial charge in [-0.25, -0.2) is 0 Å². The SMILES string of the molecule is CC1CC(C(=N)/C(N)=C/C=N)=C(N)CN1C(=O)c1cccc(C(F)(F)F)c1Cl. The van der Waals surface area contributed by atoms with Crippen molar-refractivity contribution < 1.29 is 18.0 Å². The van der Waals surface area contributed by atoms with E-state index in [0.29, 0.717) is 5.57 Å². The number of hydrogen-bond acceptors (Lipinski definition) is 5. The van der Waals surface area contributed by atoms with E-state index in [2.05, 4.69) is 0 Å². The molecule has 0 bridgehead atoms. The Morgan fingerprint density at radius 1 is 1.39 bits per heavy atom. The lowest BCUT2D eigenvalue weighted by molar-refractivity contribution is -0.137. The molecule has 1 heterocycles. The molecule has 0 saturated heterocycles. The van der Waals surface area contributed by atoms with Crippen LogP contribution in [0.5, 0.6) is 0 Å². The zero-order chi connectivity index (χ0) is 21.2. The number of allylic oxidation sites excluding steroid dienone is 2. The zero-order valence-electron chi connectivity index (χ0n) is 14.9. The quantitative estimate of drug-likeness (QED) is 0.566. The summed E-state index contributed by atoms with van der Waals surface area (Å²) >= 11 is 5.86. The van der Waals surface area contributed by atoms with Gasteiger partial charge < -0.3 is 21.8 Å². The number of halogens is 4. The fraction of sp³-hybridized carbons (Fsp3) is 0.278. The van der Waals surface area contributed by atoms with Gasteiger partial charge in [-0.1, -0.05) is 17.7 Å². The maximum absolute atomic E-state index is 13.1.